The Hall–Kier alpha value is -1.68. The molecule has 5 atom stereocenters. The van der Waals surface area contributed by atoms with Gasteiger partial charge in [0.15, 0.2) is 0 Å². The van der Waals surface area contributed by atoms with Crippen molar-refractivity contribution >= 4 is 29.3 Å². The fourth-order valence-corrected chi connectivity index (χ4v) is 5.66. The minimum Gasteiger partial charge on any atom is -0.390 e. The minimum absolute atomic E-state index is 0.0993. The molecule has 0 spiro atoms. The van der Waals surface area contributed by atoms with Crippen LogP contribution in [0.5, 0.6) is 0 Å². The summed E-state index contributed by atoms with van der Waals surface area (Å²) in [5.74, 6) is -0.0993. The van der Waals surface area contributed by atoms with Gasteiger partial charge in [0.05, 0.1) is 19.3 Å². The molecule has 2 heterocycles. The fourth-order valence-electron chi connectivity index (χ4n) is 2.58. The van der Waals surface area contributed by atoms with Crippen molar-refractivity contribution in [3.63, 3.8) is 0 Å². The third kappa shape index (κ3) is 7.16. The molecule has 1 fully saturated rings. The molecule has 1 aromatic rings. The van der Waals surface area contributed by atoms with Gasteiger partial charge in [-0.15, -0.1) is 0 Å². The van der Waals surface area contributed by atoms with Crippen LogP contribution in [0.2, 0.25) is 0 Å². The smallest absolute Gasteiger partial charge is 0.390 e. The summed E-state index contributed by atoms with van der Waals surface area (Å²) >= 11 is 0. The summed E-state index contributed by atoms with van der Waals surface area (Å²) in [5, 5.41) is 13.6. The average molecular weight is 522 g/mol. The van der Waals surface area contributed by atoms with E-state index >= 15 is 0 Å². The molecule has 0 saturated carbocycles. The van der Waals surface area contributed by atoms with Crippen molar-refractivity contribution < 1.29 is 56.3 Å². The molecule has 180 valence electrons. The van der Waals surface area contributed by atoms with E-state index in [2.05, 4.69) is 28.2 Å². The molecular weight excluding hydrogens is 505 g/mol. The second-order valence-corrected chi connectivity index (χ2v) is 10.6. The van der Waals surface area contributed by atoms with Crippen molar-refractivity contribution in [1.82, 2.24) is 9.55 Å². The SMILES string of the molecule is [N-]=[N+]=NC[C@]1(COP(=O)(O)OP(=O)(O)OP(=O)(O)O)O[C@@H](n2ccc(N)nc2=O)C[C@@H]1O. The molecule has 2 unspecified atom stereocenters. The Labute approximate surface area is 177 Å². The number of hydrogen-bond acceptors (Lipinski definition) is 12. The van der Waals surface area contributed by atoms with Crippen molar-refractivity contribution in [2.75, 3.05) is 18.9 Å². The van der Waals surface area contributed by atoms with Crippen LogP contribution in [0, 0.1) is 0 Å². The Balaban J connectivity index is 2.23. The van der Waals surface area contributed by atoms with E-state index in [0.29, 0.717) is 0 Å². The average Bonchev–Trinajstić information content (AvgIpc) is 2.92. The van der Waals surface area contributed by atoms with Gasteiger partial charge >= 0.3 is 29.2 Å². The van der Waals surface area contributed by atoms with Gasteiger partial charge in [0.1, 0.15) is 17.6 Å². The van der Waals surface area contributed by atoms with E-state index < -0.39 is 60.2 Å². The maximum absolute atomic E-state index is 12.0. The molecule has 1 saturated heterocycles. The van der Waals surface area contributed by atoms with Gasteiger partial charge in [-0.1, -0.05) is 5.11 Å². The van der Waals surface area contributed by atoms with E-state index in [4.69, 9.17) is 25.8 Å². The molecule has 0 aliphatic carbocycles. The highest BCUT2D eigenvalue weighted by atomic mass is 31.3. The van der Waals surface area contributed by atoms with E-state index in [0.717, 1.165) is 4.57 Å². The van der Waals surface area contributed by atoms with Crippen LogP contribution in [0.25, 0.3) is 10.4 Å². The highest BCUT2D eigenvalue weighted by Crippen LogP contribution is 2.66. The first-order valence-electron chi connectivity index (χ1n) is 8.08. The van der Waals surface area contributed by atoms with E-state index in [1.807, 2.05) is 0 Å². The number of phosphoric acid groups is 3. The summed E-state index contributed by atoms with van der Waals surface area (Å²) in [6.45, 7) is -1.81. The largest absolute Gasteiger partial charge is 0.490 e. The zero-order valence-electron chi connectivity index (χ0n) is 15.6. The lowest BCUT2D eigenvalue weighted by Crippen LogP contribution is -2.46. The van der Waals surface area contributed by atoms with Crippen LogP contribution in [0.1, 0.15) is 12.6 Å². The van der Waals surface area contributed by atoms with Crippen molar-refractivity contribution in [2.45, 2.75) is 24.4 Å². The van der Waals surface area contributed by atoms with Crippen molar-refractivity contribution in [3.8, 4) is 0 Å². The van der Waals surface area contributed by atoms with E-state index in [9.17, 15) is 33.4 Å². The lowest BCUT2D eigenvalue weighted by Gasteiger charge is -2.30. The second kappa shape index (κ2) is 9.67. The summed E-state index contributed by atoms with van der Waals surface area (Å²) in [6.07, 6.45) is -1.92. The third-order valence-electron chi connectivity index (χ3n) is 3.85. The van der Waals surface area contributed by atoms with Crippen LogP contribution in [0.3, 0.4) is 0 Å². The van der Waals surface area contributed by atoms with Gasteiger partial charge in [0.25, 0.3) is 0 Å². The molecule has 7 N–H and O–H groups in total. The van der Waals surface area contributed by atoms with Gasteiger partial charge in [-0.05, 0) is 11.6 Å². The normalized spacial score (nSPS) is 27.3. The number of aliphatic hydroxyl groups is 1. The summed E-state index contributed by atoms with van der Waals surface area (Å²) in [7, 11) is -16.9. The Kier molecular flexibility index (Phi) is 8.03. The number of ether oxygens (including phenoxy) is 1. The zero-order valence-corrected chi connectivity index (χ0v) is 18.3. The molecule has 19 nitrogen and oxygen atoms in total. The number of hydrogen-bond donors (Lipinski definition) is 6. The predicted molar refractivity (Wildman–Crippen MR) is 100 cm³/mol. The quantitative estimate of drug-likeness (QED) is 0.0976. The molecule has 1 aliphatic rings. The number of aromatic nitrogens is 2. The van der Waals surface area contributed by atoms with Gasteiger partial charge in [-0.25, -0.2) is 18.5 Å². The molecule has 32 heavy (non-hydrogen) atoms. The summed E-state index contributed by atoms with van der Waals surface area (Å²) in [4.78, 5) is 53.8. The number of nitrogen functional groups attached to an aromatic ring is 1. The van der Waals surface area contributed by atoms with E-state index in [1.54, 1.807) is 0 Å². The number of rotatable bonds is 10. The van der Waals surface area contributed by atoms with Crippen LogP contribution in [0.15, 0.2) is 22.2 Å². The first kappa shape index (κ1) is 26.6. The molecule has 1 aromatic heterocycles. The van der Waals surface area contributed by atoms with Crippen LogP contribution in [0.4, 0.5) is 5.82 Å². The number of aliphatic hydroxyl groups excluding tert-OH is 1. The lowest BCUT2D eigenvalue weighted by molar-refractivity contribution is -0.120. The van der Waals surface area contributed by atoms with Gasteiger partial charge in [-0.3, -0.25) is 9.09 Å². The monoisotopic (exact) mass is 522 g/mol. The number of anilines is 1. The standard InChI is InChI=1S/C10H17N6O13P3/c11-7-1-2-16(9(18)14-7)8-3-6(17)10(27-8,4-13-15-12)5-26-31(22,23)29-32(24,25)28-30(19,20)21/h1-2,6,8,17H,3-5H2,(H,22,23)(H,24,25)(H2,11,14,18)(H2,19,20,21)/t6-,8+,10+/m0/s1. The first-order valence-corrected chi connectivity index (χ1v) is 12.6. The third-order valence-corrected chi connectivity index (χ3v) is 7.64. The van der Waals surface area contributed by atoms with Gasteiger partial charge in [0.2, 0.25) is 0 Å². The summed E-state index contributed by atoms with van der Waals surface area (Å²) in [5.41, 5.74) is 11.1. The number of nitrogens with two attached hydrogens (primary N) is 1. The lowest BCUT2D eigenvalue weighted by atomic mass is 9.98. The van der Waals surface area contributed by atoms with Crippen molar-refractivity contribution in [2.24, 2.45) is 5.11 Å². The summed E-state index contributed by atoms with van der Waals surface area (Å²) in [6, 6.07) is 1.25. The Morgan fingerprint density at radius 3 is 2.53 bits per heavy atom. The van der Waals surface area contributed by atoms with Gasteiger partial charge < -0.3 is 35.2 Å². The van der Waals surface area contributed by atoms with Crippen molar-refractivity contribution in [1.29, 1.82) is 0 Å². The van der Waals surface area contributed by atoms with Crippen molar-refractivity contribution in [3.05, 3.63) is 33.2 Å². The molecule has 0 bridgehead atoms. The minimum atomic E-state index is -5.78. The van der Waals surface area contributed by atoms with Crippen LogP contribution >= 0.6 is 23.5 Å². The predicted octanol–water partition coefficient (Wildman–Crippen LogP) is -0.502. The molecule has 1 aliphatic heterocycles. The number of phosphoric ester groups is 1. The molecule has 2 rings (SSSR count). The molecule has 0 radical (unpaired) electrons. The maximum Gasteiger partial charge on any atom is 0.490 e. The van der Waals surface area contributed by atoms with E-state index in [-0.39, 0.29) is 12.2 Å². The van der Waals surface area contributed by atoms with Crippen LogP contribution < -0.4 is 11.4 Å². The topological polar surface area (TPSA) is 299 Å². The molecule has 22 heteroatoms. The highest BCUT2D eigenvalue weighted by molar-refractivity contribution is 7.66. The zero-order chi connectivity index (χ0) is 24.4. The van der Waals surface area contributed by atoms with Gasteiger partial charge in [0, 0.05) is 17.5 Å². The van der Waals surface area contributed by atoms with Crippen LogP contribution in [-0.2, 0) is 31.6 Å². The highest BCUT2D eigenvalue weighted by Gasteiger charge is 2.51. The molecule has 0 aromatic carbocycles. The number of nitrogens with zero attached hydrogens (tertiary/aromatic N) is 5. The molecule has 0 amide bonds. The number of azide groups is 1. The summed E-state index contributed by atoms with van der Waals surface area (Å²) < 4.78 is 52.2. The fraction of sp³-hybridized carbons (Fsp3) is 0.600. The second-order valence-electron chi connectivity index (χ2n) is 6.18. The maximum atomic E-state index is 12.0. The Morgan fingerprint density at radius 2 is 1.97 bits per heavy atom. The first-order chi connectivity index (χ1) is 14.6. The Bertz CT molecular complexity index is 1100. The molecular formula is C10H17N6O13P3. The Morgan fingerprint density at radius 1 is 1.31 bits per heavy atom. The van der Waals surface area contributed by atoms with Gasteiger partial charge in [-0.2, -0.15) is 13.6 Å². The van der Waals surface area contributed by atoms with Crippen LogP contribution in [-0.4, -0.2) is 59.1 Å². The van der Waals surface area contributed by atoms with E-state index in [1.165, 1.54) is 12.3 Å².